The predicted octanol–water partition coefficient (Wildman–Crippen LogP) is 0.968. The second-order valence-corrected chi connectivity index (χ2v) is 2.68. The van der Waals surface area contributed by atoms with Crippen molar-refractivity contribution in [2.24, 2.45) is 0 Å². The SMILES string of the molecule is O=C(O)c1ccc(-c2[c-]nn[nH]2)cc1.[Au+]. The molecule has 0 fully saturated rings. The van der Waals surface area contributed by atoms with Gasteiger partial charge in [0.15, 0.2) is 0 Å². The van der Waals surface area contributed by atoms with Crippen LogP contribution in [0.15, 0.2) is 24.3 Å². The van der Waals surface area contributed by atoms with Crippen molar-refractivity contribution in [1.29, 1.82) is 0 Å². The third-order valence-electron chi connectivity index (χ3n) is 1.79. The second-order valence-electron chi connectivity index (χ2n) is 2.68. The van der Waals surface area contributed by atoms with Crippen molar-refractivity contribution < 1.29 is 32.3 Å². The number of H-pyrrole nitrogens is 1. The topological polar surface area (TPSA) is 78.9 Å². The number of aromatic nitrogens is 3. The van der Waals surface area contributed by atoms with Crippen LogP contribution in [0.1, 0.15) is 10.4 Å². The van der Waals surface area contributed by atoms with Crippen molar-refractivity contribution in [2.75, 3.05) is 0 Å². The van der Waals surface area contributed by atoms with Crippen LogP contribution in [0.2, 0.25) is 0 Å². The zero-order valence-electron chi connectivity index (χ0n) is 7.36. The second kappa shape index (κ2) is 4.88. The molecule has 0 amide bonds. The molecule has 2 aromatic rings. The van der Waals surface area contributed by atoms with Crippen LogP contribution in [-0.4, -0.2) is 26.5 Å². The first-order valence-corrected chi connectivity index (χ1v) is 3.90. The average Bonchev–Trinajstić information content (AvgIpc) is 2.71. The molecule has 2 rings (SSSR count). The number of nitrogens with one attached hydrogen (secondary N) is 1. The number of carbonyl (C=O) groups is 1. The first kappa shape index (κ1) is 11.6. The van der Waals surface area contributed by atoms with E-state index in [0.717, 1.165) is 5.56 Å². The van der Waals surface area contributed by atoms with Crippen molar-refractivity contribution in [3.8, 4) is 11.3 Å². The van der Waals surface area contributed by atoms with E-state index in [9.17, 15) is 4.79 Å². The Morgan fingerprint density at radius 1 is 1.33 bits per heavy atom. The molecule has 0 saturated carbocycles. The van der Waals surface area contributed by atoms with E-state index in [1.807, 2.05) is 0 Å². The molecular formula is C9H6AuN3O2. The molecule has 0 spiro atoms. The van der Waals surface area contributed by atoms with Gasteiger partial charge in [0.1, 0.15) is 0 Å². The van der Waals surface area contributed by atoms with Crippen LogP contribution in [0.25, 0.3) is 11.3 Å². The molecule has 0 saturated heterocycles. The van der Waals surface area contributed by atoms with Crippen molar-refractivity contribution in [3.05, 3.63) is 36.0 Å². The van der Waals surface area contributed by atoms with Gasteiger partial charge in [-0.3, -0.25) is 5.10 Å². The van der Waals surface area contributed by atoms with E-state index in [0.29, 0.717) is 5.69 Å². The molecule has 0 aliphatic heterocycles. The summed E-state index contributed by atoms with van der Waals surface area (Å²) < 4.78 is 0. The van der Waals surface area contributed by atoms with E-state index in [-0.39, 0.29) is 27.9 Å². The number of carboxylic acid groups (broad SMARTS) is 1. The van der Waals surface area contributed by atoms with Crippen LogP contribution in [0.3, 0.4) is 0 Å². The summed E-state index contributed by atoms with van der Waals surface area (Å²) >= 11 is 0. The summed E-state index contributed by atoms with van der Waals surface area (Å²) in [4.78, 5) is 10.6. The van der Waals surface area contributed by atoms with E-state index >= 15 is 0 Å². The average molecular weight is 385 g/mol. The summed E-state index contributed by atoms with van der Waals surface area (Å²) in [6.07, 6.45) is 2.64. The molecule has 2 N–H and O–H groups in total. The van der Waals surface area contributed by atoms with Crippen molar-refractivity contribution in [2.45, 2.75) is 0 Å². The fraction of sp³-hybridized carbons (Fsp3) is 0. The van der Waals surface area contributed by atoms with Crippen LogP contribution < -0.4 is 0 Å². The summed E-state index contributed by atoms with van der Waals surface area (Å²) in [6.45, 7) is 0. The molecule has 15 heavy (non-hydrogen) atoms. The van der Waals surface area contributed by atoms with E-state index in [2.05, 4.69) is 21.6 Å². The van der Waals surface area contributed by atoms with E-state index in [1.54, 1.807) is 12.1 Å². The molecular weight excluding hydrogens is 379 g/mol. The maximum absolute atomic E-state index is 10.6. The van der Waals surface area contributed by atoms with Gasteiger partial charge < -0.3 is 5.11 Å². The van der Waals surface area contributed by atoms with Gasteiger partial charge in [-0.05, 0) is 0 Å². The Morgan fingerprint density at radius 2 is 2.00 bits per heavy atom. The van der Waals surface area contributed by atoms with Gasteiger partial charge in [-0.25, -0.2) is 9.89 Å². The van der Waals surface area contributed by atoms with Crippen molar-refractivity contribution in [1.82, 2.24) is 15.4 Å². The Labute approximate surface area is 101 Å². The number of hydrogen-bond acceptors (Lipinski definition) is 3. The van der Waals surface area contributed by atoms with Crippen LogP contribution in [0.4, 0.5) is 0 Å². The van der Waals surface area contributed by atoms with Gasteiger partial charge in [0, 0.05) is 0 Å². The minimum absolute atomic E-state index is 0. The van der Waals surface area contributed by atoms with Gasteiger partial charge in [-0.2, -0.15) is 0 Å². The molecule has 6 heteroatoms. The number of nitrogens with zero attached hydrogens (tertiary/aromatic N) is 2. The monoisotopic (exact) mass is 385 g/mol. The molecule has 1 aromatic carbocycles. The normalized spacial score (nSPS) is 9.33. The Kier molecular flexibility index (Phi) is 3.79. The van der Waals surface area contributed by atoms with Crippen molar-refractivity contribution >= 4 is 5.97 Å². The molecule has 1 heterocycles. The Bertz CT molecular complexity index is 439. The number of aromatic amines is 1. The quantitative estimate of drug-likeness (QED) is 0.597. The zero-order valence-corrected chi connectivity index (χ0v) is 9.53. The van der Waals surface area contributed by atoms with E-state index in [1.165, 1.54) is 12.1 Å². The fourth-order valence-corrected chi connectivity index (χ4v) is 1.08. The Morgan fingerprint density at radius 3 is 2.47 bits per heavy atom. The van der Waals surface area contributed by atoms with Gasteiger partial charge in [0.05, 0.1) is 5.56 Å². The van der Waals surface area contributed by atoms with Gasteiger partial charge in [0.2, 0.25) is 0 Å². The Balaban J connectivity index is 0.00000112. The summed E-state index contributed by atoms with van der Waals surface area (Å²) in [5.74, 6) is -0.941. The molecule has 1 aromatic heterocycles. The number of benzene rings is 1. The van der Waals surface area contributed by atoms with Crippen LogP contribution in [0.5, 0.6) is 0 Å². The number of carboxylic acids is 1. The van der Waals surface area contributed by atoms with E-state index in [4.69, 9.17) is 5.11 Å². The van der Waals surface area contributed by atoms with Crippen molar-refractivity contribution in [3.63, 3.8) is 0 Å². The summed E-state index contributed by atoms with van der Waals surface area (Å²) in [5, 5.41) is 18.3. The molecule has 0 aliphatic carbocycles. The van der Waals surface area contributed by atoms with Crippen LogP contribution in [-0.2, 0) is 22.4 Å². The van der Waals surface area contributed by atoms with E-state index < -0.39 is 5.97 Å². The summed E-state index contributed by atoms with van der Waals surface area (Å²) in [5.41, 5.74) is 1.70. The van der Waals surface area contributed by atoms with Gasteiger partial charge >= 0.3 is 28.3 Å². The maximum Gasteiger partial charge on any atom is 1.00 e. The zero-order chi connectivity index (χ0) is 9.97. The Hall–Kier alpha value is -1.43. The first-order valence-electron chi connectivity index (χ1n) is 3.90. The molecule has 0 bridgehead atoms. The largest absolute Gasteiger partial charge is 1.00 e. The summed E-state index contributed by atoms with van der Waals surface area (Å²) in [6, 6.07) is 6.39. The van der Waals surface area contributed by atoms with Gasteiger partial charge in [-0.15, -0.1) is 17.7 Å². The minimum Gasteiger partial charge on any atom is -0.478 e. The standard InChI is InChI=1S/C9H6N3O2.Au/c13-9(14)7-3-1-6(2-4-7)8-5-10-12-11-8;/h1-4H,(H,13,14)(H,10,11,12);/q-1;+1. The molecule has 0 aliphatic rings. The van der Waals surface area contributed by atoms with Gasteiger partial charge in [0.25, 0.3) is 0 Å². The number of hydrogen-bond donors (Lipinski definition) is 2. The first-order chi connectivity index (χ1) is 6.77. The van der Waals surface area contributed by atoms with Gasteiger partial charge in [-0.1, -0.05) is 29.2 Å². The molecule has 0 atom stereocenters. The maximum atomic E-state index is 10.6. The van der Waals surface area contributed by atoms with Crippen LogP contribution in [0, 0.1) is 6.20 Å². The predicted molar refractivity (Wildman–Crippen MR) is 47.6 cm³/mol. The summed E-state index contributed by atoms with van der Waals surface area (Å²) in [7, 11) is 0. The molecule has 0 radical (unpaired) electrons. The number of rotatable bonds is 2. The van der Waals surface area contributed by atoms with Crippen LogP contribution >= 0.6 is 0 Å². The smallest absolute Gasteiger partial charge is 0.478 e. The molecule has 5 nitrogen and oxygen atoms in total. The number of aromatic carboxylic acids is 1. The third kappa shape index (κ3) is 2.53. The fourth-order valence-electron chi connectivity index (χ4n) is 1.08. The third-order valence-corrected chi connectivity index (χ3v) is 1.79. The molecule has 0 unspecified atom stereocenters. The molecule has 80 valence electrons. The minimum atomic E-state index is -0.941.